The average Bonchev–Trinajstić information content (AvgIpc) is 2.96. The largest absolute Gasteiger partial charge is 0.481 e. The predicted octanol–water partition coefficient (Wildman–Crippen LogP) is 3.01. The summed E-state index contributed by atoms with van der Waals surface area (Å²) in [6.07, 6.45) is 3.69. The van der Waals surface area contributed by atoms with Crippen LogP contribution in [0.1, 0.15) is 51.0 Å². The van der Waals surface area contributed by atoms with Gasteiger partial charge in [0.1, 0.15) is 5.82 Å². The molecule has 2 rings (SSSR count). The van der Waals surface area contributed by atoms with Crippen LogP contribution in [0, 0.1) is 5.82 Å². The van der Waals surface area contributed by atoms with E-state index in [0.717, 1.165) is 12.8 Å². The van der Waals surface area contributed by atoms with Crippen molar-refractivity contribution in [3.63, 3.8) is 0 Å². The lowest BCUT2D eigenvalue weighted by molar-refractivity contribution is -0.137. The predicted molar refractivity (Wildman–Crippen MR) is 81.0 cm³/mol. The molecule has 0 heterocycles. The van der Waals surface area contributed by atoms with Crippen LogP contribution in [-0.4, -0.2) is 23.0 Å². The van der Waals surface area contributed by atoms with Crippen molar-refractivity contribution in [1.29, 1.82) is 0 Å². The van der Waals surface area contributed by atoms with Gasteiger partial charge in [-0.2, -0.15) is 0 Å². The van der Waals surface area contributed by atoms with E-state index < -0.39 is 11.4 Å². The van der Waals surface area contributed by atoms with E-state index in [1.54, 1.807) is 19.1 Å². The van der Waals surface area contributed by atoms with Crippen LogP contribution in [0.4, 0.5) is 4.39 Å². The summed E-state index contributed by atoms with van der Waals surface area (Å²) in [6.45, 7) is 1.80. The summed E-state index contributed by atoms with van der Waals surface area (Å²) >= 11 is 0. The summed E-state index contributed by atoms with van der Waals surface area (Å²) in [4.78, 5) is 23.4. The summed E-state index contributed by atoms with van der Waals surface area (Å²) in [7, 11) is 0. The van der Waals surface area contributed by atoms with Crippen LogP contribution in [0.3, 0.4) is 0 Å². The van der Waals surface area contributed by atoms with E-state index in [0.29, 0.717) is 24.8 Å². The molecule has 120 valence electrons. The summed E-state index contributed by atoms with van der Waals surface area (Å²) < 4.78 is 13.5. The van der Waals surface area contributed by atoms with E-state index in [-0.39, 0.29) is 24.2 Å². The highest BCUT2D eigenvalue weighted by Crippen LogP contribution is 2.41. The number of halogens is 1. The molecular formula is C17H22FNO3. The summed E-state index contributed by atoms with van der Waals surface area (Å²) in [5.74, 6) is -1.33. The van der Waals surface area contributed by atoms with Gasteiger partial charge in [0.2, 0.25) is 5.91 Å². The van der Waals surface area contributed by atoms with Crippen LogP contribution in [0.5, 0.6) is 0 Å². The van der Waals surface area contributed by atoms with E-state index in [9.17, 15) is 14.0 Å². The second-order valence-electron chi connectivity index (χ2n) is 6.11. The molecular weight excluding hydrogens is 285 g/mol. The molecule has 1 saturated carbocycles. The SMILES string of the molecule is CC(CCC(=O)O)NC(=O)C1(c2cccc(F)c2)CCCC1. The summed E-state index contributed by atoms with van der Waals surface area (Å²) in [5, 5.41) is 11.6. The number of carbonyl (C=O) groups is 2. The summed E-state index contributed by atoms with van der Waals surface area (Å²) in [5.41, 5.74) is 0.0347. The number of benzene rings is 1. The molecule has 1 aliphatic carbocycles. The maximum atomic E-state index is 13.5. The Morgan fingerprint density at radius 3 is 2.64 bits per heavy atom. The summed E-state index contributed by atoms with van der Waals surface area (Å²) in [6, 6.07) is 6.03. The van der Waals surface area contributed by atoms with E-state index in [1.165, 1.54) is 12.1 Å². The van der Waals surface area contributed by atoms with Gasteiger partial charge in [0, 0.05) is 12.5 Å². The monoisotopic (exact) mass is 307 g/mol. The molecule has 0 radical (unpaired) electrons. The number of rotatable bonds is 6. The zero-order valence-electron chi connectivity index (χ0n) is 12.8. The zero-order valence-corrected chi connectivity index (χ0v) is 12.8. The van der Waals surface area contributed by atoms with Crippen LogP contribution in [0.25, 0.3) is 0 Å². The zero-order chi connectivity index (χ0) is 16.2. The van der Waals surface area contributed by atoms with Crippen molar-refractivity contribution >= 4 is 11.9 Å². The van der Waals surface area contributed by atoms with Gasteiger partial charge in [-0.3, -0.25) is 9.59 Å². The fourth-order valence-electron chi connectivity index (χ4n) is 3.19. The molecule has 2 N–H and O–H groups in total. The maximum Gasteiger partial charge on any atom is 0.303 e. The Hall–Kier alpha value is -1.91. The first kappa shape index (κ1) is 16.5. The third-order valence-electron chi connectivity index (χ3n) is 4.44. The Bertz CT molecular complexity index is 553. The van der Waals surface area contributed by atoms with Crippen molar-refractivity contribution in [1.82, 2.24) is 5.32 Å². The maximum absolute atomic E-state index is 13.5. The molecule has 22 heavy (non-hydrogen) atoms. The van der Waals surface area contributed by atoms with E-state index >= 15 is 0 Å². The lowest BCUT2D eigenvalue weighted by atomic mass is 9.77. The van der Waals surface area contributed by atoms with Crippen molar-refractivity contribution in [3.05, 3.63) is 35.6 Å². The number of amides is 1. The molecule has 1 fully saturated rings. The van der Waals surface area contributed by atoms with E-state index in [4.69, 9.17) is 5.11 Å². The molecule has 0 spiro atoms. The standard InChI is InChI=1S/C17H22FNO3/c1-12(7-8-15(20)21)19-16(22)17(9-2-3-10-17)13-5-4-6-14(18)11-13/h4-6,11-12H,2-3,7-10H2,1H3,(H,19,22)(H,20,21). The van der Waals surface area contributed by atoms with Gasteiger partial charge < -0.3 is 10.4 Å². The Morgan fingerprint density at radius 1 is 1.36 bits per heavy atom. The van der Waals surface area contributed by atoms with Gasteiger partial charge in [0.05, 0.1) is 5.41 Å². The van der Waals surface area contributed by atoms with Crippen molar-refractivity contribution < 1.29 is 19.1 Å². The van der Waals surface area contributed by atoms with Crippen molar-refractivity contribution in [3.8, 4) is 0 Å². The van der Waals surface area contributed by atoms with Crippen LogP contribution < -0.4 is 5.32 Å². The van der Waals surface area contributed by atoms with Crippen LogP contribution in [-0.2, 0) is 15.0 Å². The van der Waals surface area contributed by atoms with Gasteiger partial charge in [0.15, 0.2) is 0 Å². The smallest absolute Gasteiger partial charge is 0.303 e. The molecule has 0 bridgehead atoms. The second kappa shape index (κ2) is 6.90. The molecule has 0 saturated heterocycles. The van der Waals surface area contributed by atoms with Crippen molar-refractivity contribution in [2.75, 3.05) is 0 Å². The minimum atomic E-state index is -0.873. The highest BCUT2D eigenvalue weighted by molar-refractivity contribution is 5.88. The Morgan fingerprint density at radius 2 is 2.05 bits per heavy atom. The molecule has 1 atom stereocenters. The van der Waals surface area contributed by atoms with E-state index in [1.807, 2.05) is 0 Å². The van der Waals surface area contributed by atoms with Gasteiger partial charge in [-0.05, 0) is 43.9 Å². The van der Waals surface area contributed by atoms with Crippen LogP contribution >= 0.6 is 0 Å². The van der Waals surface area contributed by atoms with Gasteiger partial charge in [-0.1, -0.05) is 25.0 Å². The topological polar surface area (TPSA) is 66.4 Å². The van der Waals surface area contributed by atoms with Gasteiger partial charge in [0.25, 0.3) is 0 Å². The number of carboxylic acids is 1. The number of nitrogens with one attached hydrogen (secondary N) is 1. The van der Waals surface area contributed by atoms with Crippen LogP contribution in [0.15, 0.2) is 24.3 Å². The average molecular weight is 307 g/mol. The third kappa shape index (κ3) is 3.64. The lowest BCUT2D eigenvalue weighted by Crippen LogP contribution is -2.46. The van der Waals surface area contributed by atoms with Crippen molar-refractivity contribution in [2.45, 2.75) is 56.9 Å². The van der Waals surface area contributed by atoms with E-state index in [2.05, 4.69) is 5.32 Å². The number of carbonyl (C=O) groups excluding carboxylic acids is 1. The fourth-order valence-corrected chi connectivity index (χ4v) is 3.19. The highest BCUT2D eigenvalue weighted by atomic mass is 19.1. The Labute approximate surface area is 129 Å². The Kier molecular flexibility index (Phi) is 5.16. The first-order valence-electron chi connectivity index (χ1n) is 7.73. The molecule has 1 aromatic rings. The first-order chi connectivity index (χ1) is 10.4. The first-order valence-corrected chi connectivity index (χ1v) is 7.73. The number of hydrogen-bond acceptors (Lipinski definition) is 2. The lowest BCUT2D eigenvalue weighted by Gasteiger charge is -2.30. The minimum absolute atomic E-state index is 0.0222. The molecule has 5 heteroatoms. The number of hydrogen-bond donors (Lipinski definition) is 2. The second-order valence-corrected chi connectivity index (χ2v) is 6.11. The molecule has 1 amide bonds. The molecule has 0 aromatic heterocycles. The highest BCUT2D eigenvalue weighted by Gasteiger charge is 2.43. The third-order valence-corrected chi connectivity index (χ3v) is 4.44. The number of carboxylic acid groups (broad SMARTS) is 1. The van der Waals surface area contributed by atoms with Gasteiger partial charge >= 0.3 is 5.97 Å². The van der Waals surface area contributed by atoms with Gasteiger partial charge in [-0.25, -0.2) is 4.39 Å². The number of aliphatic carboxylic acids is 1. The molecule has 1 unspecified atom stereocenters. The minimum Gasteiger partial charge on any atom is -0.481 e. The van der Waals surface area contributed by atoms with Crippen molar-refractivity contribution in [2.24, 2.45) is 0 Å². The molecule has 0 aliphatic heterocycles. The quantitative estimate of drug-likeness (QED) is 0.849. The van der Waals surface area contributed by atoms with Crippen LogP contribution in [0.2, 0.25) is 0 Å². The molecule has 1 aliphatic rings. The molecule has 1 aromatic carbocycles. The van der Waals surface area contributed by atoms with Gasteiger partial charge in [-0.15, -0.1) is 0 Å². The Balaban J connectivity index is 2.14. The molecule has 4 nitrogen and oxygen atoms in total. The fraction of sp³-hybridized carbons (Fsp3) is 0.529. The normalized spacial score (nSPS) is 17.9.